The van der Waals surface area contributed by atoms with Crippen LogP contribution in [0, 0.1) is 0 Å². The smallest absolute Gasteiger partial charge is 0.244 e. The molecule has 1 N–H and O–H groups in total. The quantitative estimate of drug-likeness (QED) is 0.876. The second kappa shape index (κ2) is 6.75. The van der Waals surface area contributed by atoms with Gasteiger partial charge in [0.05, 0.1) is 6.54 Å². The van der Waals surface area contributed by atoms with Crippen molar-refractivity contribution in [2.75, 3.05) is 6.54 Å². The first-order valence-corrected chi connectivity index (χ1v) is 6.65. The topological polar surface area (TPSA) is 56.2 Å². The molecule has 5 heteroatoms. The molecule has 1 aromatic carbocycles. The van der Waals surface area contributed by atoms with E-state index in [-0.39, 0.29) is 18.1 Å². The number of amides is 1. The van der Waals surface area contributed by atoms with Crippen LogP contribution in [0.5, 0.6) is 5.75 Å². The van der Waals surface area contributed by atoms with Crippen molar-refractivity contribution in [3.63, 3.8) is 0 Å². The van der Waals surface area contributed by atoms with Gasteiger partial charge in [-0.1, -0.05) is 18.2 Å². The zero-order chi connectivity index (χ0) is 14.4. The highest BCUT2D eigenvalue weighted by molar-refractivity contribution is 5.79. The Balaban J connectivity index is 1.78. The first-order chi connectivity index (χ1) is 9.66. The van der Waals surface area contributed by atoms with E-state index in [0.717, 1.165) is 5.75 Å². The Kier molecular flexibility index (Phi) is 4.76. The van der Waals surface area contributed by atoms with Gasteiger partial charge < -0.3 is 10.1 Å². The van der Waals surface area contributed by atoms with Gasteiger partial charge in [-0.2, -0.15) is 5.10 Å². The number of para-hydroxylation sites is 1. The molecule has 0 spiro atoms. The molecule has 0 fully saturated rings. The lowest BCUT2D eigenvalue weighted by Gasteiger charge is -2.17. The van der Waals surface area contributed by atoms with Crippen LogP contribution in [-0.2, 0) is 4.79 Å². The molecule has 0 bridgehead atoms. The van der Waals surface area contributed by atoms with E-state index in [2.05, 4.69) is 10.4 Å². The zero-order valence-corrected chi connectivity index (χ0v) is 11.7. The first-order valence-electron chi connectivity index (χ1n) is 6.65. The molecule has 1 heterocycles. The Morgan fingerprint density at radius 3 is 2.70 bits per heavy atom. The lowest BCUT2D eigenvalue weighted by molar-refractivity contribution is -0.124. The molecule has 0 aliphatic heterocycles. The van der Waals surface area contributed by atoms with Gasteiger partial charge in [-0.25, -0.2) is 0 Å². The van der Waals surface area contributed by atoms with Crippen LogP contribution < -0.4 is 10.1 Å². The maximum Gasteiger partial charge on any atom is 0.244 e. The van der Waals surface area contributed by atoms with Crippen molar-refractivity contribution in [2.24, 2.45) is 0 Å². The summed E-state index contributed by atoms with van der Waals surface area (Å²) in [5, 5.41) is 6.92. The second-order valence-corrected chi connectivity index (χ2v) is 4.65. The monoisotopic (exact) mass is 273 g/mol. The molecule has 2 aromatic rings. The van der Waals surface area contributed by atoms with Gasteiger partial charge in [-0.05, 0) is 32.0 Å². The molecule has 0 saturated carbocycles. The van der Waals surface area contributed by atoms with Crippen LogP contribution in [0.15, 0.2) is 48.8 Å². The van der Waals surface area contributed by atoms with Crippen LogP contribution in [0.3, 0.4) is 0 Å². The van der Waals surface area contributed by atoms with Crippen LogP contribution >= 0.6 is 0 Å². The number of nitrogens with zero attached hydrogens (tertiary/aromatic N) is 2. The molecule has 0 saturated heterocycles. The van der Waals surface area contributed by atoms with E-state index >= 15 is 0 Å². The van der Waals surface area contributed by atoms with Gasteiger partial charge >= 0.3 is 0 Å². The van der Waals surface area contributed by atoms with E-state index < -0.39 is 0 Å². The Labute approximate surface area is 118 Å². The highest BCUT2D eigenvalue weighted by Gasteiger charge is 2.15. The predicted octanol–water partition coefficient (Wildman–Crippen LogP) is 2.03. The van der Waals surface area contributed by atoms with Gasteiger partial charge in [-0.15, -0.1) is 0 Å². The summed E-state index contributed by atoms with van der Waals surface area (Å²) >= 11 is 0. The Morgan fingerprint density at radius 1 is 1.30 bits per heavy atom. The van der Waals surface area contributed by atoms with Crippen molar-refractivity contribution in [2.45, 2.75) is 26.0 Å². The molecule has 0 aliphatic rings. The average molecular weight is 273 g/mol. The molecule has 20 heavy (non-hydrogen) atoms. The fourth-order valence-electron chi connectivity index (χ4n) is 1.79. The molecule has 1 aromatic heterocycles. The molecule has 0 aliphatic carbocycles. The first kappa shape index (κ1) is 14.1. The number of benzene rings is 1. The summed E-state index contributed by atoms with van der Waals surface area (Å²) in [6, 6.07) is 11.0. The Morgan fingerprint density at radius 2 is 2.05 bits per heavy atom. The summed E-state index contributed by atoms with van der Waals surface area (Å²) in [6.45, 7) is 4.19. The standard InChI is InChI=1S/C15H19N3O2/c1-12(20-14-7-4-3-5-8-14)11-16-15(19)13(2)18-10-6-9-17-18/h3-10,12-13H,11H2,1-2H3,(H,16,19)/t12-,13+/m1/s1. The molecule has 1 amide bonds. The third-order valence-corrected chi connectivity index (χ3v) is 2.95. The van der Waals surface area contributed by atoms with Crippen LogP contribution in [0.1, 0.15) is 19.9 Å². The van der Waals surface area contributed by atoms with Crippen molar-refractivity contribution in [1.29, 1.82) is 0 Å². The summed E-state index contributed by atoms with van der Waals surface area (Å²) < 4.78 is 7.32. The van der Waals surface area contributed by atoms with E-state index in [9.17, 15) is 4.79 Å². The van der Waals surface area contributed by atoms with E-state index in [0.29, 0.717) is 6.54 Å². The minimum Gasteiger partial charge on any atom is -0.489 e. The molecular formula is C15H19N3O2. The van der Waals surface area contributed by atoms with E-state index in [1.165, 1.54) is 0 Å². The number of hydrogen-bond acceptors (Lipinski definition) is 3. The third-order valence-electron chi connectivity index (χ3n) is 2.95. The SMILES string of the molecule is C[C@H](CNC(=O)[C@H](C)n1cccn1)Oc1ccccc1. The molecule has 5 nitrogen and oxygen atoms in total. The van der Waals surface area contributed by atoms with Crippen LogP contribution in [0.2, 0.25) is 0 Å². The number of aromatic nitrogens is 2. The molecule has 0 radical (unpaired) electrons. The van der Waals surface area contributed by atoms with Crippen LogP contribution in [0.4, 0.5) is 0 Å². The normalized spacial score (nSPS) is 13.5. The summed E-state index contributed by atoms with van der Waals surface area (Å²) in [5.74, 6) is 0.728. The van der Waals surface area contributed by atoms with Gasteiger partial charge in [0.2, 0.25) is 5.91 Å². The average Bonchev–Trinajstić information content (AvgIpc) is 2.99. The fraction of sp³-hybridized carbons (Fsp3) is 0.333. The Bertz CT molecular complexity index is 525. The molecular weight excluding hydrogens is 254 g/mol. The minimum absolute atomic E-state index is 0.0720. The van der Waals surface area contributed by atoms with Crippen molar-refractivity contribution < 1.29 is 9.53 Å². The van der Waals surface area contributed by atoms with Crippen molar-refractivity contribution in [1.82, 2.24) is 15.1 Å². The fourth-order valence-corrected chi connectivity index (χ4v) is 1.79. The van der Waals surface area contributed by atoms with Gasteiger partial charge in [-0.3, -0.25) is 9.48 Å². The minimum atomic E-state index is -0.325. The molecule has 2 rings (SSSR count). The number of hydrogen-bond donors (Lipinski definition) is 1. The maximum atomic E-state index is 12.0. The zero-order valence-electron chi connectivity index (χ0n) is 11.7. The van der Waals surface area contributed by atoms with Crippen molar-refractivity contribution in [3.8, 4) is 5.75 Å². The number of carbonyl (C=O) groups excluding carboxylic acids is 1. The van der Waals surface area contributed by atoms with Gasteiger partial charge in [0.15, 0.2) is 0 Å². The van der Waals surface area contributed by atoms with Gasteiger partial charge in [0, 0.05) is 12.4 Å². The highest BCUT2D eigenvalue weighted by Crippen LogP contribution is 2.10. The number of nitrogens with one attached hydrogen (secondary N) is 1. The summed E-state index contributed by atoms with van der Waals surface area (Å²) in [4.78, 5) is 12.0. The number of ether oxygens (including phenoxy) is 1. The van der Waals surface area contributed by atoms with Crippen LogP contribution in [-0.4, -0.2) is 28.3 Å². The maximum absolute atomic E-state index is 12.0. The van der Waals surface area contributed by atoms with Crippen molar-refractivity contribution >= 4 is 5.91 Å². The van der Waals surface area contributed by atoms with E-state index in [1.807, 2.05) is 44.2 Å². The van der Waals surface area contributed by atoms with Gasteiger partial charge in [0.1, 0.15) is 17.9 Å². The summed E-state index contributed by atoms with van der Waals surface area (Å²) in [7, 11) is 0. The molecule has 2 atom stereocenters. The second-order valence-electron chi connectivity index (χ2n) is 4.65. The van der Waals surface area contributed by atoms with Crippen LogP contribution in [0.25, 0.3) is 0 Å². The lowest BCUT2D eigenvalue weighted by Crippen LogP contribution is -2.37. The molecule has 106 valence electrons. The largest absolute Gasteiger partial charge is 0.489 e. The van der Waals surface area contributed by atoms with E-state index in [4.69, 9.17) is 4.74 Å². The number of carbonyl (C=O) groups is 1. The highest BCUT2D eigenvalue weighted by atomic mass is 16.5. The van der Waals surface area contributed by atoms with E-state index in [1.54, 1.807) is 23.1 Å². The lowest BCUT2D eigenvalue weighted by atomic mass is 10.3. The van der Waals surface area contributed by atoms with Crippen molar-refractivity contribution in [3.05, 3.63) is 48.8 Å². The van der Waals surface area contributed by atoms with Gasteiger partial charge in [0.25, 0.3) is 0 Å². The summed E-state index contributed by atoms with van der Waals surface area (Å²) in [5.41, 5.74) is 0. The predicted molar refractivity (Wildman–Crippen MR) is 76.5 cm³/mol. The molecule has 0 unspecified atom stereocenters. The third kappa shape index (κ3) is 3.85. The summed E-state index contributed by atoms with van der Waals surface area (Å²) in [6.07, 6.45) is 3.34. The number of rotatable bonds is 6. The Hall–Kier alpha value is -2.30.